The summed E-state index contributed by atoms with van der Waals surface area (Å²) in [5.74, 6) is 0. The molecule has 0 saturated heterocycles. The summed E-state index contributed by atoms with van der Waals surface area (Å²) >= 11 is -0.346. The van der Waals surface area contributed by atoms with Crippen LogP contribution in [-0.2, 0) is 15.1 Å². The van der Waals surface area contributed by atoms with Crippen LogP contribution in [0.3, 0.4) is 0 Å². The van der Waals surface area contributed by atoms with Crippen LogP contribution in [0, 0.1) is 13.8 Å². The van der Waals surface area contributed by atoms with Crippen LogP contribution in [0.25, 0.3) is 0 Å². The second-order valence-electron chi connectivity index (χ2n) is 5.94. The van der Waals surface area contributed by atoms with Crippen molar-refractivity contribution in [1.29, 1.82) is 0 Å². The second kappa shape index (κ2) is 17.2. The number of halogens is 2. The summed E-state index contributed by atoms with van der Waals surface area (Å²) in [6, 6.07) is 32.5. The van der Waals surface area contributed by atoms with E-state index in [0.717, 1.165) is 12.8 Å². The van der Waals surface area contributed by atoms with Crippen LogP contribution in [0.4, 0.5) is 0 Å². The Labute approximate surface area is 188 Å². The number of hydrogen-bond acceptors (Lipinski definition) is 0. The molecule has 4 heteroatoms. The molecule has 0 saturated carbocycles. The molecular weight excluding hydrogens is 491 g/mol. The molecule has 0 aliphatic carbocycles. The molecule has 0 atom stereocenters. The Morgan fingerprint density at radius 3 is 1.04 bits per heavy atom. The van der Waals surface area contributed by atoms with E-state index in [2.05, 4.69) is 105 Å². The molecule has 0 unspecified atom stereocenters. The van der Waals surface area contributed by atoms with E-state index in [9.17, 15) is 0 Å². The summed E-state index contributed by atoms with van der Waals surface area (Å²) in [4.78, 5) is 0. The van der Waals surface area contributed by atoms with Crippen LogP contribution in [0.5, 0.6) is 0 Å². The summed E-state index contributed by atoms with van der Waals surface area (Å²) in [6.45, 7) is 7.39. The van der Waals surface area contributed by atoms with Gasteiger partial charge in [0, 0.05) is 0 Å². The quantitative estimate of drug-likeness (QED) is 0.146. The van der Waals surface area contributed by atoms with Gasteiger partial charge in [0.2, 0.25) is 0 Å². The zero-order valence-corrected chi connectivity index (χ0v) is 20.3. The number of rotatable bonds is 6. The van der Waals surface area contributed by atoms with Crippen molar-refractivity contribution in [2.24, 2.45) is 0 Å². The van der Waals surface area contributed by atoms with Gasteiger partial charge in [-0.1, -0.05) is 67.4 Å². The van der Waals surface area contributed by atoms with E-state index in [4.69, 9.17) is 19.4 Å². The van der Waals surface area contributed by atoms with Gasteiger partial charge in [-0.15, -0.1) is 0 Å². The topological polar surface area (TPSA) is 0 Å². The van der Waals surface area contributed by atoms with Crippen LogP contribution in [-0.4, -0.2) is 0 Å². The van der Waals surface area contributed by atoms with Gasteiger partial charge in [0.1, 0.15) is 15.9 Å². The maximum atomic E-state index is 4.85. The van der Waals surface area contributed by atoms with Crippen LogP contribution < -0.4 is 15.9 Å². The largest absolute Gasteiger partial charge is 0.102 e. The third-order valence-corrected chi connectivity index (χ3v) is 6.67. The zero-order valence-electron chi connectivity index (χ0n) is 16.0. The van der Waals surface area contributed by atoms with Crippen molar-refractivity contribution >= 4 is 43.2 Å². The molecule has 3 rings (SSSR count). The monoisotopic (exact) mass is 519 g/mol. The summed E-state index contributed by atoms with van der Waals surface area (Å²) in [5, 5.41) is 4.31. The van der Waals surface area contributed by atoms with Crippen molar-refractivity contribution < 1.29 is 15.1 Å². The fourth-order valence-corrected chi connectivity index (χ4v) is 5.25. The molecular formula is C24H28Cl2PRu+. The minimum atomic E-state index is -0.877. The fourth-order valence-electron chi connectivity index (χ4n) is 2.67. The minimum absolute atomic E-state index is 0.346. The first kappa shape index (κ1) is 25.3. The Balaban J connectivity index is 0.000000370. The summed E-state index contributed by atoms with van der Waals surface area (Å²) in [7, 11) is 8.83. The van der Waals surface area contributed by atoms with Gasteiger partial charge in [0.05, 0.1) is 7.92 Å². The van der Waals surface area contributed by atoms with Crippen LogP contribution in [0.1, 0.15) is 25.7 Å². The van der Waals surface area contributed by atoms with Gasteiger partial charge in [-0.05, 0) is 36.4 Å². The molecule has 0 nitrogen and oxygen atoms in total. The second-order valence-corrected chi connectivity index (χ2v) is 11.1. The molecule has 150 valence electrons. The molecule has 0 aliphatic rings. The van der Waals surface area contributed by atoms with E-state index in [-0.39, 0.29) is 15.1 Å². The van der Waals surface area contributed by atoms with Gasteiger partial charge in [-0.2, -0.15) is 12.8 Å². The van der Waals surface area contributed by atoms with Gasteiger partial charge in [0.25, 0.3) is 0 Å². The van der Waals surface area contributed by atoms with Gasteiger partial charge in [-0.3, -0.25) is 0 Å². The SMILES string of the molecule is [CH2-]CCCC[CH2-].[Cl][Ru+2][Cl].c1ccc([PH+](c2ccccc2)c2ccccc2)cc1. The Kier molecular flexibility index (Phi) is 15.5. The Bertz CT molecular complexity index is 611. The standard InChI is InChI=1S/C18H15P.C6H12.2ClH.Ru/c1-4-10-16(11-5-1)19(17-12-6-2-7-13-17)18-14-8-3-9-15-18;1-3-5-6-4-2;;;/h1-15H;1-6H2;2*1H;/q;-2;;;+4/p-1. The van der Waals surface area contributed by atoms with Crippen LogP contribution in [0.2, 0.25) is 0 Å². The molecule has 0 amide bonds. The smallest absolute Gasteiger partial charge is 0.0620 e. The first-order chi connectivity index (χ1) is 13.8. The molecule has 28 heavy (non-hydrogen) atoms. The van der Waals surface area contributed by atoms with Crippen LogP contribution >= 0.6 is 27.3 Å². The number of benzene rings is 3. The number of hydrogen-bond donors (Lipinski definition) is 0. The maximum absolute atomic E-state index is 4.85. The molecule has 3 aromatic carbocycles. The van der Waals surface area contributed by atoms with E-state index >= 15 is 0 Å². The summed E-state index contributed by atoms with van der Waals surface area (Å²) < 4.78 is 0. The average molecular weight is 519 g/mol. The fraction of sp³-hybridized carbons (Fsp3) is 0.167. The summed E-state index contributed by atoms with van der Waals surface area (Å²) in [6.07, 6.45) is 4.61. The third kappa shape index (κ3) is 10.2. The van der Waals surface area contributed by atoms with E-state index in [0.29, 0.717) is 0 Å². The molecule has 0 aliphatic heterocycles. The van der Waals surface area contributed by atoms with Gasteiger partial charge >= 0.3 is 34.5 Å². The predicted octanol–water partition coefficient (Wildman–Crippen LogP) is 6.77. The van der Waals surface area contributed by atoms with Crippen molar-refractivity contribution in [2.45, 2.75) is 25.7 Å². The maximum Gasteiger partial charge on any atom is 0.102 e. The van der Waals surface area contributed by atoms with E-state index in [1.807, 2.05) is 0 Å². The molecule has 0 fully saturated rings. The van der Waals surface area contributed by atoms with E-state index < -0.39 is 7.92 Å². The first-order valence-electron chi connectivity index (χ1n) is 9.25. The molecule has 0 radical (unpaired) electrons. The molecule has 3 aromatic rings. The van der Waals surface area contributed by atoms with Crippen molar-refractivity contribution in [1.82, 2.24) is 0 Å². The zero-order chi connectivity index (χ0) is 20.5. The molecule has 0 heterocycles. The first-order valence-corrected chi connectivity index (χ1v) is 15.2. The molecule has 0 spiro atoms. The van der Waals surface area contributed by atoms with Crippen molar-refractivity contribution in [3.05, 3.63) is 105 Å². The molecule has 0 aromatic heterocycles. The van der Waals surface area contributed by atoms with Gasteiger partial charge in [0.15, 0.2) is 0 Å². The third-order valence-electron chi connectivity index (χ3n) is 3.94. The predicted molar refractivity (Wildman–Crippen MR) is 127 cm³/mol. The van der Waals surface area contributed by atoms with Crippen LogP contribution in [0.15, 0.2) is 91.0 Å². The Morgan fingerprint density at radius 2 is 0.821 bits per heavy atom. The molecule has 0 N–H and O–H groups in total. The van der Waals surface area contributed by atoms with Crippen molar-refractivity contribution in [2.75, 3.05) is 0 Å². The van der Waals surface area contributed by atoms with Gasteiger partial charge in [-0.25, -0.2) is 0 Å². The van der Waals surface area contributed by atoms with Crippen molar-refractivity contribution in [3.8, 4) is 0 Å². The normalized spacial score (nSPS) is 9.75. The Morgan fingerprint density at radius 1 is 0.571 bits per heavy atom. The van der Waals surface area contributed by atoms with E-state index in [1.165, 1.54) is 28.8 Å². The summed E-state index contributed by atoms with van der Waals surface area (Å²) in [5.41, 5.74) is 0. The number of unbranched alkanes of at least 4 members (excludes halogenated alkanes) is 3. The van der Waals surface area contributed by atoms with Gasteiger partial charge < -0.3 is 13.8 Å². The van der Waals surface area contributed by atoms with Crippen molar-refractivity contribution in [3.63, 3.8) is 0 Å². The average Bonchev–Trinajstić information content (AvgIpc) is 2.76. The minimum Gasteiger partial charge on any atom is -0.0620 e. The van der Waals surface area contributed by atoms with E-state index in [1.54, 1.807) is 0 Å². The molecule has 0 bridgehead atoms. The Hall–Kier alpha value is -0.707.